The maximum atomic E-state index is 13.3. The van der Waals surface area contributed by atoms with Crippen LogP contribution in [0.2, 0.25) is 5.02 Å². The summed E-state index contributed by atoms with van der Waals surface area (Å²) in [5.41, 5.74) is -0.479. The summed E-state index contributed by atoms with van der Waals surface area (Å²) in [5.74, 6) is -2.37. The van der Waals surface area contributed by atoms with Crippen LogP contribution >= 0.6 is 11.6 Å². The number of benzene rings is 2. The molecule has 2 fully saturated rings. The van der Waals surface area contributed by atoms with E-state index in [4.69, 9.17) is 11.6 Å². The molecule has 3 amide bonds. The number of carbonyl (C=O) groups is 3. The van der Waals surface area contributed by atoms with Gasteiger partial charge in [-0.15, -0.1) is 0 Å². The smallest absolute Gasteiger partial charge is 0.324 e. The summed E-state index contributed by atoms with van der Waals surface area (Å²) in [4.78, 5) is 40.6. The number of nitrogens with zero attached hydrogens (tertiary/aromatic N) is 1. The summed E-state index contributed by atoms with van der Waals surface area (Å²) >= 11 is 5.67. The Labute approximate surface area is 193 Å². The van der Waals surface area contributed by atoms with E-state index in [2.05, 4.69) is 5.32 Å². The van der Waals surface area contributed by atoms with E-state index in [9.17, 15) is 27.6 Å². The molecule has 2 aromatic rings. The predicted octanol–water partition coefficient (Wildman–Crippen LogP) is 5.08. The van der Waals surface area contributed by atoms with Crippen LogP contribution in [0.1, 0.15) is 36.8 Å². The molecule has 1 saturated heterocycles. The van der Waals surface area contributed by atoms with Crippen molar-refractivity contribution in [2.24, 2.45) is 11.8 Å². The molecule has 1 aliphatic heterocycles. The molecule has 0 bridgehead atoms. The van der Waals surface area contributed by atoms with Gasteiger partial charge in [0.05, 0.1) is 22.4 Å². The first-order valence-electron chi connectivity index (χ1n) is 10.8. The predicted molar refractivity (Wildman–Crippen MR) is 116 cm³/mol. The fourth-order valence-electron chi connectivity index (χ4n) is 4.68. The Kier molecular flexibility index (Phi) is 6.47. The number of rotatable bonds is 5. The van der Waals surface area contributed by atoms with Crippen LogP contribution in [0.4, 0.5) is 18.9 Å². The molecule has 33 heavy (non-hydrogen) atoms. The fraction of sp³-hybridized carbons (Fsp3) is 0.375. The molecule has 0 spiro atoms. The molecule has 9 heteroatoms. The minimum absolute atomic E-state index is 0.0588. The van der Waals surface area contributed by atoms with Crippen LogP contribution < -0.4 is 5.32 Å². The number of amides is 3. The summed E-state index contributed by atoms with van der Waals surface area (Å²) in [6.07, 6.45) is -1.76. The number of nitrogens with one attached hydrogen (secondary N) is 1. The lowest BCUT2D eigenvalue weighted by molar-refractivity contribution is -0.146. The van der Waals surface area contributed by atoms with Crippen molar-refractivity contribution in [3.05, 3.63) is 64.7 Å². The van der Waals surface area contributed by atoms with Gasteiger partial charge in [0.2, 0.25) is 17.7 Å². The summed E-state index contributed by atoms with van der Waals surface area (Å²) in [6.45, 7) is 0. The van der Waals surface area contributed by atoms with E-state index in [0.717, 1.165) is 35.4 Å². The summed E-state index contributed by atoms with van der Waals surface area (Å²) in [7, 11) is 0. The molecular formula is C24H22ClF3N2O3. The van der Waals surface area contributed by atoms with Gasteiger partial charge in [-0.3, -0.25) is 19.3 Å². The van der Waals surface area contributed by atoms with E-state index in [-0.39, 0.29) is 23.9 Å². The number of anilines is 1. The zero-order chi connectivity index (χ0) is 23.8. The quantitative estimate of drug-likeness (QED) is 0.609. The molecule has 0 radical (unpaired) electrons. The highest BCUT2D eigenvalue weighted by atomic mass is 35.5. The molecule has 2 aliphatic rings. The molecule has 1 aliphatic carbocycles. The van der Waals surface area contributed by atoms with E-state index in [0.29, 0.717) is 12.8 Å². The first-order valence-corrected chi connectivity index (χ1v) is 11.1. The first kappa shape index (κ1) is 23.3. The Morgan fingerprint density at radius 3 is 2.21 bits per heavy atom. The molecule has 2 aromatic carbocycles. The number of halogens is 4. The summed E-state index contributed by atoms with van der Waals surface area (Å²) in [5, 5.41) is 1.97. The van der Waals surface area contributed by atoms with Gasteiger partial charge in [-0.2, -0.15) is 13.2 Å². The Hall–Kier alpha value is -2.87. The molecule has 1 saturated carbocycles. The molecule has 0 unspecified atom stereocenters. The minimum Gasteiger partial charge on any atom is -0.324 e. The molecule has 1 N–H and O–H groups in total. The Bertz CT molecular complexity index is 1050. The standard InChI is InChI=1S/C24H22ClF3N2O3/c25-19-11-10-15(13-18(19)24(26,27)28)29-21(31)20(12-14-6-2-1-3-7-14)30-22(32)16-8-4-5-9-17(16)23(30)33/h1-3,6-7,10-11,13,16-17,20H,4-5,8-9,12H2,(H,29,31)/t16-,17-,20+/m1/s1. The number of hydrogen-bond acceptors (Lipinski definition) is 3. The maximum Gasteiger partial charge on any atom is 0.417 e. The number of likely N-dealkylation sites (tertiary alicyclic amines) is 1. The van der Waals surface area contributed by atoms with Gasteiger partial charge in [0, 0.05) is 12.1 Å². The fourth-order valence-corrected chi connectivity index (χ4v) is 4.90. The van der Waals surface area contributed by atoms with Crippen molar-refractivity contribution in [3.8, 4) is 0 Å². The largest absolute Gasteiger partial charge is 0.417 e. The lowest BCUT2D eigenvalue weighted by atomic mass is 9.81. The molecule has 3 atom stereocenters. The zero-order valence-corrected chi connectivity index (χ0v) is 18.3. The highest BCUT2D eigenvalue weighted by Gasteiger charge is 2.51. The van der Waals surface area contributed by atoms with E-state index in [1.807, 2.05) is 0 Å². The number of imide groups is 1. The van der Waals surface area contributed by atoms with Crippen LogP contribution in [-0.2, 0) is 27.0 Å². The van der Waals surface area contributed by atoms with Crippen molar-refractivity contribution in [1.82, 2.24) is 4.90 Å². The van der Waals surface area contributed by atoms with Crippen LogP contribution in [-0.4, -0.2) is 28.7 Å². The van der Waals surface area contributed by atoms with Crippen LogP contribution in [0.25, 0.3) is 0 Å². The average Bonchev–Trinajstić information content (AvgIpc) is 3.03. The third kappa shape index (κ3) is 4.76. The Morgan fingerprint density at radius 2 is 1.64 bits per heavy atom. The number of hydrogen-bond donors (Lipinski definition) is 1. The lowest BCUT2D eigenvalue weighted by Gasteiger charge is -2.26. The molecule has 0 aromatic heterocycles. The van der Waals surface area contributed by atoms with Gasteiger partial charge in [0.15, 0.2) is 0 Å². The first-order chi connectivity index (χ1) is 15.7. The second-order valence-corrected chi connectivity index (χ2v) is 8.84. The van der Waals surface area contributed by atoms with E-state index >= 15 is 0 Å². The summed E-state index contributed by atoms with van der Waals surface area (Å²) in [6, 6.07) is 10.7. The van der Waals surface area contributed by atoms with Gasteiger partial charge < -0.3 is 5.32 Å². The van der Waals surface area contributed by atoms with Crippen molar-refractivity contribution >= 4 is 35.0 Å². The van der Waals surface area contributed by atoms with Crippen LogP contribution in [0.5, 0.6) is 0 Å². The van der Waals surface area contributed by atoms with Crippen molar-refractivity contribution in [3.63, 3.8) is 0 Å². The third-order valence-corrected chi connectivity index (χ3v) is 6.63. The Morgan fingerprint density at radius 1 is 1.03 bits per heavy atom. The van der Waals surface area contributed by atoms with Crippen molar-refractivity contribution in [2.75, 3.05) is 5.32 Å². The molecule has 174 valence electrons. The van der Waals surface area contributed by atoms with E-state index in [1.54, 1.807) is 30.3 Å². The van der Waals surface area contributed by atoms with Gasteiger partial charge in [-0.1, -0.05) is 54.8 Å². The van der Waals surface area contributed by atoms with Crippen molar-refractivity contribution in [1.29, 1.82) is 0 Å². The van der Waals surface area contributed by atoms with Crippen LogP contribution in [0, 0.1) is 11.8 Å². The van der Waals surface area contributed by atoms with Gasteiger partial charge >= 0.3 is 6.18 Å². The van der Waals surface area contributed by atoms with Crippen molar-refractivity contribution < 1.29 is 27.6 Å². The molecule has 5 nitrogen and oxygen atoms in total. The number of alkyl halides is 3. The van der Waals surface area contributed by atoms with E-state index < -0.39 is 40.5 Å². The highest BCUT2D eigenvalue weighted by molar-refractivity contribution is 6.31. The monoisotopic (exact) mass is 478 g/mol. The lowest BCUT2D eigenvalue weighted by Crippen LogP contribution is -2.49. The van der Waals surface area contributed by atoms with Crippen LogP contribution in [0.3, 0.4) is 0 Å². The zero-order valence-electron chi connectivity index (χ0n) is 17.6. The summed E-state index contributed by atoms with van der Waals surface area (Å²) < 4.78 is 39.7. The van der Waals surface area contributed by atoms with Gasteiger partial charge in [0.25, 0.3) is 0 Å². The Balaban J connectivity index is 1.65. The van der Waals surface area contributed by atoms with Gasteiger partial charge in [0.1, 0.15) is 6.04 Å². The molecule has 4 rings (SSSR count). The van der Waals surface area contributed by atoms with Crippen LogP contribution in [0.15, 0.2) is 48.5 Å². The molecular weight excluding hydrogens is 457 g/mol. The number of carbonyl (C=O) groups excluding carboxylic acids is 3. The normalized spacial score (nSPS) is 21.6. The van der Waals surface area contributed by atoms with E-state index in [1.165, 1.54) is 6.07 Å². The minimum atomic E-state index is -4.70. The van der Waals surface area contributed by atoms with Gasteiger partial charge in [-0.25, -0.2) is 0 Å². The highest BCUT2D eigenvalue weighted by Crippen LogP contribution is 2.40. The average molecular weight is 479 g/mol. The topological polar surface area (TPSA) is 66.5 Å². The van der Waals surface area contributed by atoms with Crippen molar-refractivity contribution in [2.45, 2.75) is 44.3 Å². The van der Waals surface area contributed by atoms with Gasteiger partial charge in [-0.05, 0) is 36.6 Å². The second kappa shape index (κ2) is 9.17. The third-order valence-electron chi connectivity index (χ3n) is 6.30. The second-order valence-electron chi connectivity index (χ2n) is 8.43. The SMILES string of the molecule is O=C(Nc1ccc(Cl)c(C(F)(F)F)c1)[C@H](Cc1ccccc1)N1C(=O)[C@@H]2CCCC[C@H]2C1=O. The maximum absolute atomic E-state index is 13.3. The molecule has 1 heterocycles. The number of fused-ring (bicyclic) bond motifs is 1.